The van der Waals surface area contributed by atoms with Crippen molar-refractivity contribution >= 4 is 33.6 Å². The molecule has 0 radical (unpaired) electrons. The van der Waals surface area contributed by atoms with Crippen molar-refractivity contribution in [2.24, 2.45) is 10.7 Å². The van der Waals surface area contributed by atoms with E-state index in [4.69, 9.17) is 15.2 Å². The number of nitrogens with zero attached hydrogens (tertiary/aromatic N) is 1. The molecular formula is C12H9BrN2O4. The molecule has 2 N–H and O–H groups in total. The zero-order chi connectivity index (χ0) is 14.0. The molecule has 19 heavy (non-hydrogen) atoms. The molecule has 0 saturated heterocycles. The fourth-order valence-corrected chi connectivity index (χ4v) is 1.91. The third kappa shape index (κ3) is 2.65. The lowest BCUT2D eigenvalue weighted by Crippen LogP contribution is -2.12. The van der Waals surface area contributed by atoms with Gasteiger partial charge in [-0.15, -0.1) is 0 Å². The Morgan fingerprint density at radius 1 is 1.37 bits per heavy atom. The minimum Gasteiger partial charge on any atom is -0.497 e. The van der Waals surface area contributed by atoms with Gasteiger partial charge in [-0.1, -0.05) is 0 Å². The molecule has 1 aliphatic rings. The van der Waals surface area contributed by atoms with Crippen LogP contribution in [0.15, 0.2) is 39.5 Å². The fourth-order valence-electron chi connectivity index (χ4n) is 1.43. The Bertz CT molecular complexity index is 605. The average molecular weight is 325 g/mol. The van der Waals surface area contributed by atoms with Crippen molar-refractivity contribution in [1.82, 2.24) is 0 Å². The summed E-state index contributed by atoms with van der Waals surface area (Å²) in [5.41, 5.74) is 5.63. The minimum absolute atomic E-state index is 0.0214. The molecule has 0 unspecified atom stereocenters. The molecule has 0 aliphatic carbocycles. The lowest BCUT2D eigenvalue weighted by Gasteiger charge is -2.04. The Morgan fingerprint density at radius 2 is 2.00 bits per heavy atom. The number of amidine groups is 1. The Labute approximate surface area is 117 Å². The van der Waals surface area contributed by atoms with E-state index < -0.39 is 11.7 Å². The number of nitrogens with two attached hydrogens (primary N) is 1. The summed E-state index contributed by atoms with van der Waals surface area (Å²) in [7, 11) is 1.53. The zero-order valence-corrected chi connectivity index (χ0v) is 11.4. The number of aliphatic imine (C=N–C) groups is 1. The number of Topliss-reactive ketones (excluding diaryl/α,β-unsaturated/α-hetero) is 1. The number of ether oxygens (including phenoxy) is 2. The number of amides is 1. The zero-order valence-electron chi connectivity index (χ0n) is 9.84. The van der Waals surface area contributed by atoms with Gasteiger partial charge in [0.25, 0.3) is 6.02 Å². The number of rotatable bonds is 3. The number of allylic oxidation sites excluding steroid dienone is 1. The predicted molar refractivity (Wildman–Crippen MR) is 71.0 cm³/mol. The second-order valence-corrected chi connectivity index (χ2v) is 4.35. The Kier molecular flexibility index (Phi) is 3.66. The monoisotopic (exact) mass is 324 g/mol. The van der Waals surface area contributed by atoms with Crippen LogP contribution >= 0.6 is 15.9 Å². The van der Waals surface area contributed by atoms with E-state index in [-0.39, 0.29) is 16.3 Å². The number of halogens is 1. The quantitative estimate of drug-likeness (QED) is 0.669. The highest BCUT2D eigenvalue weighted by molar-refractivity contribution is 9.12. The summed E-state index contributed by atoms with van der Waals surface area (Å²) in [6.07, 6.45) is 0. The molecule has 0 fully saturated rings. The van der Waals surface area contributed by atoms with Crippen LogP contribution in [0.3, 0.4) is 0 Å². The van der Waals surface area contributed by atoms with E-state index in [1.54, 1.807) is 24.3 Å². The first-order valence-corrected chi connectivity index (χ1v) is 5.97. The molecule has 0 saturated carbocycles. The Morgan fingerprint density at radius 3 is 2.47 bits per heavy atom. The van der Waals surface area contributed by atoms with Crippen LogP contribution in [-0.4, -0.2) is 24.8 Å². The van der Waals surface area contributed by atoms with Crippen molar-refractivity contribution in [3.8, 4) is 5.75 Å². The van der Waals surface area contributed by atoms with E-state index in [1.807, 2.05) is 0 Å². The van der Waals surface area contributed by atoms with Crippen molar-refractivity contribution < 1.29 is 19.1 Å². The van der Waals surface area contributed by atoms with E-state index in [0.29, 0.717) is 11.3 Å². The standard InChI is InChI=1S/C12H9BrN2O4/c1-18-7-4-2-6(3-5-7)9(16)8(13)10-11(17)15-12(14)19-10/h2-5H,1H3,(H2,14,15,17). The van der Waals surface area contributed by atoms with Crippen molar-refractivity contribution in [2.75, 3.05) is 7.11 Å². The van der Waals surface area contributed by atoms with Gasteiger partial charge in [-0.3, -0.25) is 9.59 Å². The van der Waals surface area contributed by atoms with Gasteiger partial charge < -0.3 is 15.2 Å². The molecule has 1 aliphatic heterocycles. The van der Waals surface area contributed by atoms with Crippen molar-refractivity contribution in [3.63, 3.8) is 0 Å². The van der Waals surface area contributed by atoms with Crippen LogP contribution in [0.25, 0.3) is 0 Å². The molecule has 0 spiro atoms. The molecule has 0 bridgehead atoms. The van der Waals surface area contributed by atoms with Crippen LogP contribution in [-0.2, 0) is 9.53 Å². The molecule has 98 valence electrons. The SMILES string of the molecule is COc1ccc(C(=O)C(Br)=C2OC(N)=NC2=O)cc1. The number of methoxy groups -OCH3 is 1. The van der Waals surface area contributed by atoms with Crippen LogP contribution in [0.4, 0.5) is 0 Å². The summed E-state index contributed by atoms with van der Waals surface area (Å²) >= 11 is 3.03. The van der Waals surface area contributed by atoms with Crippen LogP contribution in [0, 0.1) is 0 Å². The topological polar surface area (TPSA) is 91.0 Å². The van der Waals surface area contributed by atoms with Crippen molar-refractivity contribution in [1.29, 1.82) is 0 Å². The van der Waals surface area contributed by atoms with Gasteiger partial charge in [-0.25, -0.2) is 0 Å². The Balaban J connectivity index is 2.29. The van der Waals surface area contributed by atoms with Crippen LogP contribution in [0.1, 0.15) is 10.4 Å². The second-order valence-electron chi connectivity index (χ2n) is 3.56. The predicted octanol–water partition coefficient (Wildman–Crippen LogP) is 1.36. The van der Waals surface area contributed by atoms with Crippen LogP contribution in [0.5, 0.6) is 5.75 Å². The maximum atomic E-state index is 12.1. The van der Waals surface area contributed by atoms with E-state index in [9.17, 15) is 9.59 Å². The fraction of sp³-hybridized carbons (Fsp3) is 0.0833. The van der Waals surface area contributed by atoms with E-state index in [0.717, 1.165) is 0 Å². The molecule has 2 rings (SSSR count). The molecule has 0 aromatic heterocycles. The van der Waals surface area contributed by atoms with Gasteiger partial charge in [0.1, 0.15) is 10.2 Å². The molecule has 1 aromatic rings. The number of hydrogen-bond donors (Lipinski definition) is 1. The summed E-state index contributed by atoms with van der Waals surface area (Å²) in [4.78, 5) is 26.9. The molecule has 1 amide bonds. The first-order chi connectivity index (χ1) is 9.02. The smallest absolute Gasteiger partial charge is 0.318 e. The van der Waals surface area contributed by atoms with Crippen molar-refractivity contribution in [2.45, 2.75) is 0 Å². The lowest BCUT2D eigenvalue weighted by atomic mass is 10.1. The molecule has 0 atom stereocenters. The first-order valence-electron chi connectivity index (χ1n) is 5.18. The number of carbonyl (C=O) groups excluding carboxylic acids is 2. The third-order valence-corrected chi connectivity index (χ3v) is 3.08. The molecule has 1 aromatic carbocycles. The molecular weight excluding hydrogens is 316 g/mol. The molecule has 7 heteroatoms. The number of hydrogen-bond acceptors (Lipinski definition) is 5. The van der Waals surface area contributed by atoms with E-state index in [1.165, 1.54) is 7.11 Å². The van der Waals surface area contributed by atoms with Gasteiger partial charge in [0, 0.05) is 5.56 Å². The lowest BCUT2D eigenvalue weighted by molar-refractivity contribution is -0.115. The highest BCUT2D eigenvalue weighted by Crippen LogP contribution is 2.24. The first kappa shape index (κ1) is 13.3. The average Bonchev–Trinajstić information content (AvgIpc) is 2.76. The number of carbonyl (C=O) groups is 2. The summed E-state index contributed by atoms with van der Waals surface area (Å²) in [5.74, 6) is -0.679. The summed E-state index contributed by atoms with van der Waals surface area (Å²) in [6.45, 7) is 0. The number of benzene rings is 1. The van der Waals surface area contributed by atoms with Crippen LogP contribution < -0.4 is 10.5 Å². The molecule has 1 heterocycles. The Hall–Kier alpha value is -2.15. The summed E-state index contributed by atoms with van der Waals surface area (Å²) < 4.78 is 9.86. The van der Waals surface area contributed by atoms with Gasteiger partial charge in [0.2, 0.25) is 11.5 Å². The highest BCUT2D eigenvalue weighted by atomic mass is 79.9. The van der Waals surface area contributed by atoms with E-state index in [2.05, 4.69) is 20.9 Å². The van der Waals surface area contributed by atoms with Gasteiger partial charge in [0.15, 0.2) is 0 Å². The summed E-state index contributed by atoms with van der Waals surface area (Å²) in [5, 5.41) is 0. The third-order valence-electron chi connectivity index (χ3n) is 2.36. The maximum Gasteiger partial charge on any atom is 0.318 e. The van der Waals surface area contributed by atoms with Gasteiger partial charge in [-0.05, 0) is 40.2 Å². The largest absolute Gasteiger partial charge is 0.497 e. The molecule has 6 nitrogen and oxygen atoms in total. The highest BCUT2D eigenvalue weighted by Gasteiger charge is 2.27. The summed E-state index contributed by atoms with van der Waals surface area (Å²) in [6, 6.07) is 6.15. The van der Waals surface area contributed by atoms with Gasteiger partial charge >= 0.3 is 5.91 Å². The minimum atomic E-state index is -0.689. The maximum absolute atomic E-state index is 12.1. The number of ketones is 1. The normalized spacial score (nSPS) is 16.7. The van der Waals surface area contributed by atoms with Gasteiger partial charge in [0.05, 0.1) is 7.11 Å². The van der Waals surface area contributed by atoms with E-state index >= 15 is 0 Å². The van der Waals surface area contributed by atoms with Crippen LogP contribution in [0.2, 0.25) is 0 Å². The van der Waals surface area contributed by atoms with Gasteiger partial charge in [-0.2, -0.15) is 4.99 Å². The van der Waals surface area contributed by atoms with Crippen molar-refractivity contribution in [3.05, 3.63) is 40.1 Å². The second kappa shape index (κ2) is 5.23.